The summed E-state index contributed by atoms with van der Waals surface area (Å²) in [5.74, 6) is 2.63. The molecule has 0 bridgehead atoms. The lowest BCUT2D eigenvalue weighted by Crippen LogP contribution is -2.26. The number of rotatable bonds is 8. The molecule has 1 aromatic heterocycles. The second kappa shape index (κ2) is 8.50. The molecule has 0 radical (unpaired) electrons. The van der Waals surface area contributed by atoms with Gasteiger partial charge in [-0.25, -0.2) is 4.98 Å². The molecule has 5 nitrogen and oxygen atoms in total. The first-order chi connectivity index (χ1) is 12.2. The average molecular weight is 343 g/mol. The number of methoxy groups -OCH3 is 1. The molecule has 0 spiro atoms. The maximum absolute atomic E-state index is 5.55. The number of fused-ring (bicyclic) bond motifs is 1. The van der Waals surface area contributed by atoms with Crippen LogP contribution in [0.5, 0.6) is 5.75 Å². The van der Waals surface area contributed by atoms with E-state index in [4.69, 9.17) is 14.5 Å². The van der Waals surface area contributed by atoms with Crippen LogP contribution in [-0.4, -0.2) is 29.8 Å². The molecule has 3 rings (SSSR count). The predicted molar refractivity (Wildman–Crippen MR) is 99.0 cm³/mol. The molecule has 0 unspecified atom stereocenters. The Morgan fingerprint density at radius 1 is 1.36 bits per heavy atom. The summed E-state index contributed by atoms with van der Waals surface area (Å²) in [5.41, 5.74) is 3.48. The third-order valence-electron chi connectivity index (χ3n) is 4.77. The molecular weight excluding hydrogens is 314 g/mol. The van der Waals surface area contributed by atoms with Crippen LogP contribution >= 0.6 is 0 Å². The summed E-state index contributed by atoms with van der Waals surface area (Å²) < 4.78 is 13.3. The Morgan fingerprint density at radius 3 is 3.04 bits per heavy atom. The first kappa shape index (κ1) is 18.0. The van der Waals surface area contributed by atoms with Gasteiger partial charge in [0.25, 0.3) is 0 Å². The van der Waals surface area contributed by atoms with Crippen LogP contribution in [0.1, 0.15) is 48.3 Å². The van der Waals surface area contributed by atoms with Gasteiger partial charge in [-0.3, -0.25) is 0 Å². The smallest absolute Gasteiger partial charge is 0.124 e. The molecule has 0 aliphatic carbocycles. The van der Waals surface area contributed by atoms with Gasteiger partial charge < -0.3 is 19.4 Å². The molecule has 1 aromatic carbocycles. The average Bonchev–Trinajstić information content (AvgIpc) is 3.01. The van der Waals surface area contributed by atoms with E-state index in [1.807, 2.05) is 13.0 Å². The van der Waals surface area contributed by atoms with E-state index in [-0.39, 0.29) is 0 Å². The van der Waals surface area contributed by atoms with Crippen LogP contribution < -0.4 is 10.1 Å². The summed E-state index contributed by atoms with van der Waals surface area (Å²) in [7, 11) is 1.70. The van der Waals surface area contributed by atoms with Gasteiger partial charge in [0, 0.05) is 43.9 Å². The van der Waals surface area contributed by atoms with Crippen molar-refractivity contribution in [3.63, 3.8) is 0 Å². The molecule has 136 valence electrons. The van der Waals surface area contributed by atoms with Crippen LogP contribution in [0.3, 0.4) is 0 Å². The van der Waals surface area contributed by atoms with Crippen molar-refractivity contribution in [3.05, 3.63) is 47.0 Å². The van der Waals surface area contributed by atoms with E-state index in [1.54, 1.807) is 7.11 Å². The monoisotopic (exact) mass is 343 g/mol. The number of imidazole rings is 1. The molecule has 0 fully saturated rings. The van der Waals surface area contributed by atoms with Crippen LogP contribution in [0.2, 0.25) is 0 Å². The van der Waals surface area contributed by atoms with Crippen LogP contribution in [0, 0.1) is 6.92 Å². The maximum Gasteiger partial charge on any atom is 0.124 e. The van der Waals surface area contributed by atoms with Gasteiger partial charge in [-0.05, 0) is 44.4 Å². The van der Waals surface area contributed by atoms with Gasteiger partial charge in [0.15, 0.2) is 0 Å². The summed E-state index contributed by atoms with van der Waals surface area (Å²) >= 11 is 0. The minimum atomic E-state index is 0.503. The van der Waals surface area contributed by atoms with Crippen molar-refractivity contribution < 1.29 is 9.47 Å². The first-order valence-electron chi connectivity index (χ1n) is 9.19. The summed E-state index contributed by atoms with van der Waals surface area (Å²) in [6.07, 6.45) is 4.61. The summed E-state index contributed by atoms with van der Waals surface area (Å²) in [5, 5.41) is 3.61. The third kappa shape index (κ3) is 4.41. The standard InChI is InChI=1S/C20H29N3O2/c1-4-25-14-18-10-16(7-8-19(18)24-3)11-21-12-17-6-5-9-23-13-15(2)22-20(17)23/h7-8,10,13,17,21H,4-6,9,11-12,14H2,1-3H3/t17-/m1/s1. The highest BCUT2D eigenvalue weighted by atomic mass is 16.5. The molecule has 1 aliphatic rings. The number of nitrogens with one attached hydrogen (secondary N) is 1. The lowest BCUT2D eigenvalue weighted by Gasteiger charge is -2.23. The van der Waals surface area contributed by atoms with Gasteiger partial charge in [-0.2, -0.15) is 0 Å². The van der Waals surface area contributed by atoms with Gasteiger partial charge in [-0.1, -0.05) is 6.07 Å². The van der Waals surface area contributed by atoms with Crippen LogP contribution in [-0.2, 0) is 24.4 Å². The number of aryl methyl sites for hydroxylation is 2. The highest BCUT2D eigenvalue weighted by Gasteiger charge is 2.21. The van der Waals surface area contributed by atoms with Crippen molar-refractivity contribution in [2.45, 2.75) is 52.3 Å². The molecule has 0 saturated heterocycles. The Bertz CT molecular complexity index is 696. The van der Waals surface area contributed by atoms with Gasteiger partial charge >= 0.3 is 0 Å². The Hall–Kier alpha value is -1.85. The Labute approximate surface area is 150 Å². The summed E-state index contributed by atoms with van der Waals surface area (Å²) in [6.45, 7) is 8.29. The van der Waals surface area contributed by atoms with Crippen LogP contribution in [0.25, 0.3) is 0 Å². The molecular formula is C20H29N3O2. The fourth-order valence-electron chi connectivity index (χ4n) is 3.56. The van der Waals surface area contributed by atoms with E-state index < -0.39 is 0 Å². The van der Waals surface area contributed by atoms with Gasteiger partial charge in [0.1, 0.15) is 11.6 Å². The van der Waals surface area contributed by atoms with E-state index in [1.165, 1.54) is 24.2 Å². The Balaban J connectivity index is 1.59. The van der Waals surface area contributed by atoms with Gasteiger partial charge in [-0.15, -0.1) is 0 Å². The third-order valence-corrected chi connectivity index (χ3v) is 4.77. The number of benzene rings is 1. The van der Waals surface area contributed by atoms with Crippen molar-refractivity contribution in [2.24, 2.45) is 0 Å². The Kier molecular flexibility index (Phi) is 6.10. The van der Waals surface area contributed by atoms with Crippen molar-refractivity contribution in [3.8, 4) is 5.75 Å². The molecule has 5 heteroatoms. The van der Waals surface area contributed by atoms with Crippen molar-refractivity contribution in [1.29, 1.82) is 0 Å². The van der Waals surface area contributed by atoms with Crippen LogP contribution in [0.15, 0.2) is 24.4 Å². The van der Waals surface area contributed by atoms with Crippen molar-refractivity contribution in [1.82, 2.24) is 14.9 Å². The summed E-state index contributed by atoms with van der Waals surface area (Å²) in [6, 6.07) is 6.32. The van der Waals surface area contributed by atoms with E-state index in [2.05, 4.69) is 35.1 Å². The topological polar surface area (TPSA) is 48.3 Å². The van der Waals surface area contributed by atoms with Crippen LogP contribution in [0.4, 0.5) is 0 Å². The minimum Gasteiger partial charge on any atom is -0.496 e. The quantitative estimate of drug-likeness (QED) is 0.798. The fourth-order valence-corrected chi connectivity index (χ4v) is 3.56. The molecule has 0 saturated carbocycles. The minimum absolute atomic E-state index is 0.503. The fraction of sp³-hybridized carbons (Fsp3) is 0.550. The molecule has 1 aliphatic heterocycles. The zero-order valence-corrected chi connectivity index (χ0v) is 15.5. The lowest BCUT2D eigenvalue weighted by molar-refractivity contribution is 0.132. The second-order valence-corrected chi connectivity index (χ2v) is 6.69. The Morgan fingerprint density at radius 2 is 2.24 bits per heavy atom. The van der Waals surface area contributed by atoms with Crippen molar-refractivity contribution in [2.75, 3.05) is 20.3 Å². The zero-order chi connectivity index (χ0) is 17.6. The molecule has 2 heterocycles. The first-order valence-corrected chi connectivity index (χ1v) is 9.19. The van der Waals surface area contributed by atoms with E-state index in [0.29, 0.717) is 19.1 Å². The molecule has 0 amide bonds. The van der Waals surface area contributed by atoms with Gasteiger partial charge in [0.05, 0.1) is 19.4 Å². The largest absolute Gasteiger partial charge is 0.496 e. The van der Waals surface area contributed by atoms with E-state index >= 15 is 0 Å². The maximum atomic E-state index is 5.55. The van der Waals surface area contributed by atoms with Crippen molar-refractivity contribution >= 4 is 0 Å². The highest BCUT2D eigenvalue weighted by Crippen LogP contribution is 2.26. The zero-order valence-electron chi connectivity index (χ0n) is 15.5. The number of aromatic nitrogens is 2. The normalized spacial score (nSPS) is 16.7. The number of ether oxygens (including phenoxy) is 2. The number of nitrogens with zero attached hydrogens (tertiary/aromatic N) is 2. The second-order valence-electron chi connectivity index (χ2n) is 6.69. The molecule has 2 aromatic rings. The lowest BCUT2D eigenvalue weighted by atomic mass is 9.99. The van der Waals surface area contributed by atoms with E-state index in [9.17, 15) is 0 Å². The summed E-state index contributed by atoms with van der Waals surface area (Å²) in [4.78, 5) is 4.72. The SMILES string of the molecule is CCOCc1cc(CNC[C@H]2CCCn3cc(C)nc32)ccc1OC. The molecule has 25 heavy (non-hydrogen) atoms. The number of hydrogen-bond acceptors (Lipinski definition) is 4. The van der Waals surface area contributed by atoms with Gasteiger partial charge in [0.2, 0.25) is 0 Å². The number of hydrogen-bond donors (Lipinski definition) is 1. The highest BCUT2D eigenvalue weighted by molar-refractivity contribution is 5.37. The van der Waals surface area contributed by atoms with E-state index in [0.717, 1.165) is 36.6 Å². The predicted octanol–water partition coefficient (Wildman–Crippen LogP) is 3.40. The molecule has 1 atom stereocenters. The molecule has 1 N–H and O–H groups in total.